The normalized spacial score (nSPS) is 15.3. The van der Waals surface area contributed by atoms with Crippen LogP contribution in [0.2, 0.25) is 0 Å². The predicted octanol–water partition coefficient (Wildman–Crippen LogP) is 2.96. The maximum absolute atomic E-state index is 13.0. The monoisotopic (exact) mass is 398 g/mol. The molecule has 0 unspecified atom stereocenters. The maximum atomic E-state index is 13.0. The number of aliphatic imine (C=N–C) groups is 1. The smallest absolute Gasteiger partial charge is 0.191 e. The van der Waals surface area contributed by atoms with Crippen LogP contribution in [-0.2, 0) is 24.2 Å². The number of nitrogens with zero attached hydrogens (tertiary/aromatic N) is 2. The molecule has 0 radical (unpaired) electrons. The molecule has 1 fully saturated rings. The number of nitrogens with one attached hydrogen (secondary N) is 2. The third-order valence-corrected chi connectivity index (χ3v) is 4.88. The van der Waals surface area contributed by atoms with Crippen LogP contribution in [0, 0.1) is 5.82 Å². The van der Waals surface area contributed by atoms with Gasteiger partial charge in [0.1, 0.15) is 5.82 Å². The average Bonchev–Trinajstić information content (AvgIpc) is 2.74. The molecule has 2 aromatic rings. The zero-order valence-corrected chi connectivity index (χ0v) is 17.2. The fourth-order valence-corrected chi connectivity index (χ4v) is 3.33. The minimum Gasteiger partial charge on any atom is -0.379 e. The van der Waals surface area contributed by atoms with E-state index >= 15 is 0 Å². The molecule has 1 saturated heterocycles. The average molecular weight is 399 g/mol. The molecule has 156 valence electrons. The highest BCUT2D eigenvalue weighted by Gasteiger charge is 2.10. The van der Waals surface area contributed by atoms with Crippen molar-refractivity contribution in [1.29, 1.82) is 0 Å². The molecule has 2 N–H and O–H groups in total. The van der Waals surface area contributed by atoms with E-state index in [-0.39, 0.29) is 5.82 Å². The lowest BCUT2D eigenvalue weighted by Crippen LogP contribution is -2.38. The summed E-state index contributed by atoms with van der Waals surface area (Å²) in [5.74, 6) is 0.598. The second-order valence-electron chi connectivity index (χ2n) is 7.21. The number of rotatable bonds is 8. The van der Waals surface area contributed by atoms with Crippen LogP contribution >= 0.6 is 0 Å². The number of guanidine groups is 1. The Morgan fingerprint density at radius 1 is 1.03 bits per heavy atom. The van der Waals surface area contributed by atoms with Gasteiger partial charge in [-0.15, -0.1) is 0 Å². The van der Waals surface area contributed by atoms with Gasteiger partial charge in [0, 0.05) is 32.7 Å². The van der Waals surface area contributed by atoms with Crippen LogP contribution in [0.4, 0.5) is 4.39 Å². The number of hydrogen-bond donors (Lipinski definition) is 2. The zero-order valence-electron chi connectivity index (χ0n) is 17.2. The molecule has 1 aliphatic rings. The van der Waals surface area contributed by atoms with E-state index in [9.17, 15) is 4.39 Å². The summed E-state index contributed by atoms with van der Waals surface area (Å²) in [7, 11) is 0. The van der Waals surface area contributed by atoms with Crippen molar-refractivity contribution in [3.05, 3.63) is 71.0 Å². The van der Waals surface area contributed by atoms with Crippen molar-refractivity contribution < 1.29 is 9.13 Å². The Kier molecular flexibility index (Phi) is 8.46. The van der Waals surface area contributed by atoms with Gasteiger partial charge in [0.05, 0.1) is 19.8 Å². The highest BCUT2D eigenvalue weighted by Crippen LogP contribution is 2.11. The molecular weight excluding hydrogens is 367 g/mol. The summed E-state index contributed by atoms with van der Waals surface area (Å²) in [6.07, 6.45) is 0.819. The number of hydrogen-bond acceptors (Lipinski definition) is 3. The van der Waals surface area contributed by atoms with Crippen LogP contribution in [0.15, 0.2) is 53.5 Å². The van der Waals surface area contributed by atoms with E-state index in [1.54, 1.807) is 0 Å². The Hall–Kier alpha value is -2.44. The number of benzene rings is 2. The summed E-state index contributed by atoms with van der Waals surface area (Å²) in [4.78, 5) is 7.14. The molecule has 1 heterocycles. The Balaban J connectivity index is 1.52. The molecule has 3 rings (SSSR count). The van der Waals surface area contributed by atoms with Gasteiger partial charge < -0.3 is 15.4 Å². The standard InChI is InChI=1S/C23H31FN4O/c1-2-25-23(26-11-10-19-6-8-22(24)9-7-19)27-17-20-4-3-5-21(16-20)18-28-12-14-29-15-13-28/h3-9,16H,2,10-15,17-18H2,1H3,(H2,25,26,27). The topological polar surface area (TPSA) is 48.9 Å². The number of morpholine rings is 1. The van der Waals surface area contributed by atoms with E-state index in [0.717, 1.165) is 63.9 Å². The maximum Gasteiger partial charge on any atom is 0.191 e. The van der Waals surface area contributed by atoms with Gasteiger partial charge in [0.25, 0.3) is 0 Å². The number of ether oxygens (including phenoxy) is 1. The van der Waals surface area contributed by atoms with Crippen molar-refractivity contribution in [1.82, 2.24) is 15.5 Å². The zero-order chi connectivity index (χ0) is 20.3. The fourth-order valence-electron chi connectivity index (χ4n) is 3.33. The van der Waals surface area contributed by atoms with Gasteiger partial charge in [0.2, 0.25) is 0 Å². The molecule has 0 aliphatic carbocycles. The third-order valence-electron chi connectivity index (χ3n) is 4.88. The highest BCUT2D eigenvalue weighted by molar-refractivity contribution is 5.79. The summed E-state index contributed by atoms with van der Waals surface area (Å²) in [5.41, 5.74) is 3.62. The van der Waals surface area contributed by atoms with Gasteiger partial charge in [-0.1, -0.05) is 36.4 Å². The van der Waals surface area contributed by atoms with Gasteiger partial charge >= 0.3 is 0 Å². The number of halogens is 1. The molecule has 0 bridgehead atoms. The first-order valence-corrected chi connectivity index (χ1v) is 10.4. The van der Waals surface area contributed by atoms with Crippen LogP contribution in [0.1, 0.15) is 23.6 Å². The van der Waals surface area contributed by atoms with E-state index < -0.39 is 0 Å². The first kappa shape index (κ1) is 21.3. The first-order valence-electron chi connectivity index (χ1n) is 10.4. The van der Waals surface area contributed by atoms with Crippen molar-refractivity contribution >= 4 is 5.96 Å². The van der Waals surface area contributed by atoms with Gasteiger partial charge in [-0.05, 0) is 42.2 Å². The summed E-state index contributed by atoms with van der Waals surface area (Å²) in [6.45, 7) is 8.81. The first-order chi connectivity index (χ1) is 14.2. The molecule has 0 saturated carbocycles. The lowest BCUT2D eigenvalue weighted by Gasteiger charge is -2.26. The fraction of sp³-hybridized carbons (Fsp3) is 0.435. The summed E-state index contributed by atoms with van der Waals surface area (Å²) in [6, 6.07) is 15.3. The molecule has 2 aromatic carbocycles. The summed E-state index contributed by atoms with van der Waals surface area (Å²) < 4.78 is 18.4. The van der Waals surface area contributed by atoms with E-state index in [0.29, 0.717) is 6.54 Å². The van der Waals surface area contributed by atoms with Crippen molar-refractivity contribution in [2.75, 3.05) is 39.4 Å². The third kappa shape index (κ3) is 7.48. The van der Waals surface area contributed by atoms with Crippen LogP contribution < -0.4 is 10.6 Å². The predicted molar refractivity (Wildman–Crippen MR) is 115 cm³/mol. The van der Waals surface area contributed by atoms with Crippen molar-refractivity contribution in [3.63, 3.8) is 0 Å². The molecule has 0 amide bonds. The molecule has 29 heavy (non-hydrogen) atoms. The van der Waals surface area contributed by atoms with Crippen LogP contribution in [0.5, 0.6) is 0 Å². The van der Waals surface area contributed by atoms with Crippen molar-refractivity contribution in [2.45, 2.75) is 26.4 Å². The summed E-state index contributed by atoms with van der Waals surface area (Å²) in [5, 5.41) is 6.64. The Morgan fingerprint density at radius 2 is 1.79 bits per heavy atom. The van der Waals surface area contributed by atoms with E-state index in [2.05, 4.69) is 46.7 Å². The molecule has 0 atom stereocenters. The SMILES string of the molecule is CCNC(=NCc1cccc(CN2CCOCC2)c1)NCCc1ccc(F)cc1. The molecule has 6 heteroatoms. The Labute approximate surface area is 173 Å². The minimum absolute atomic E-state index is 0.201. The van der Waals surface area contributed by atoms with Crippen LogP contribution in [-0.4, -0.2) is 50.3 Å². The van der Waals surface area contributed by atoms with E-state index in [1.807, 2.05) is 12.1 Å². The minimum atomic E-state index is -0.201. The largest absolute Gasteiger partial charge is 0.379 e. The molecule has 5 nitrogen and oxygen atoms in total. The van der Waals surface area contributed by atoms with Gasteiger partial charge in [-0.25, -0.2) is 9.38 Å². The second-order valence-corrected chi connectivity index (χ2v) is 7.21. The van der Waals surface area contributed by atoms with Crippen molar-refractivity contribution in [3.8, 4) is 0 Å². The Bertz CT molecular complexity index is 773. The van der Waals surface area contributed by atoms with Crippen LogP contribution in [0.3, 0.4) is 0 Å². The second kappa shape index (κ2) is 11.5. The molecule has 0 spiro atoms. The lowest BCUT2D eigenvalue weighted by atomic mass is 10.1. The van der Waals surface area contributed by atoms with E-state index in [1.165, 1.54) is 23.3 Å². The molecule has 1 aliphatic heterocycles. The highest BCUT2D eigenvalue weighted by atomic mass is 19.1. The van der Waals surface area contributed by atoms with Crippen molar-refractivity contribution in [2.24, 2.45) is 4.99 Å². The van der Waals surface area contributed by atoms with E-state index in [4.69, 9.17) is 9.73 Å². The quantitative estimate of drug-likeness (QED) is 0.530. The van der Waals surface area contributed by atoms with Gasteiger partial charge in [-0.2, -0.15) is 0 Å². The summed E-state index contributed by atoms with van der Waals surface area (Å²) >= 11 is 0. The molecule has 0 aromatic heterocycles. The Morgan fingerprint density at radius 3 is 2.55 bits per heavy atom. The molecular formula is C23H31FN4O. The van der Waals surface area contributed by atoms with Gasteiger partial charge in [0.15, 0.2) is 5.96 Å². The van der Waals surface area contributed by atoms with Gasteiger partial charge in [-0.3, -0.25) is 4.90 Å². The van der Waals surface area contributed by atoms with Crippen LogP contribution in [0.25, 0.3) is 0 Å². The lowest BCUT2D eigenvalue weighted by molar-refractivity contribution is 0.0342.